The number of hydrogen-bond donors (Lipinski definition) is 0. The van der Waals surface area contributed by atoms with E-state index in [9.17, 15) is 4.79 Å². The fraction of sp³-hybridized carbons (Fsp3) is 0.611. The van der Waals surface area contributed by atoms with Crippen molar-refractivity contribution in [3.63, 3.8) is 0 Å². The first kappa shape index (κ1) is 18.9. The van der Waals surface area contributed by atoms with Crippen molar-refractivity contribution in [2.24, 2.45) is 5.92 Å². The Labute approximate surface area is 125 Å². The molecule has 1 aliphatic rings. The van der Waals surface area contributed by atoms with Crippen LogP contribution in [0.1, 0.15) is 47.0 Å². The van der Waals surface area contributed by atoms with Crippen molar-refractivity contribution < 1.29 is 4.79 Å². The zero-order chi connectivity index (χ0) is 15.2. The molecule has 0 radical (unpaired) electrons. The second kappa shape index (κ2) is 12.9. The van der Waals surface area contributed by atoms with Crippen LogP contribution in [0.5, 0.6) is 0 Å². The molecule has 2 rings (SSSR count). The molecular weight excluding hydrogens is 246 g/mol. The topological polar surface area (TPSA) is 20.3 Å². The predicted molar refractivity (Wildman–Crippen MR) is 87.9 cm³/mol. The van der Waals surface area contributed by atoms with Crippen molar-refractivity contribution in [3.8, 4) is 0 Å². The molecule has 0 saturated carbocycles. The Kier molecular flexibility index (Phi) is 12.1. The van der Waals surface area contributed by atoms with Crippen LogP contribution in [0.2, 0.25) is 0 Å². The Morgan fingerprint density at radius 2 is 1.40 bits per heavy atom. The third-order valence-electron chi connectivity index (χ3n) is 3.40. The first-order chi connectivity index (χ1) is 9.72. The lowest BCUT2D eigenvalue weighted by molar-refractivity contribution is -0.118. The van der Waals surface area contributed by atoms with Gasteiger partial charge >= 0.3 is 0 Å². The molecule has 1 aliphatic heterocycles. The summed E-state index contributed by atoms with van der Waals surface area (Å²) in [6, 6.07) is 12.0. The Hall–Kier alpha value is -1.15. The van der Waals surface area contributed by atoms with Crippen LogP contribution in [-0.2, 0) is 4.79 Å². The van der Waals surface area contributed by atoms with Crippen molar-refractivity contribution >= 4 is 5.78 Å². The van der Waals surface area contributed by atoms with Crippen molar-refractivity contribution in [1.29, 1.82) is 0 Å². The summed E-state index contributed by atoms with van der Waals surface area (Å²) in [6.07, 6.45) is 3.23. The van der Waals surface area contributed by atoms with Crippen LogP contribution in [0.4, 0.5) is 0 Å². The van der Waals surface area contributed by atoms with E-state index in [0.29, 0.717) is 11.7 Å². The number of piperidine rings is 1. The van der Waals surface area contributed by atoms with E-state index in [1.54, 1.807) is 6.92 Å². The maximum atomic E-state index is 10.8. The largest absolute Gasteiger partial charge is 0.304 e. The van der Waals surface area contributed by atoms with Crippen LogP contribution in [0.3, 0.4) is 0 Å². The SMILES string of the molecule is CC.CCN1CCC(CC(C)=O)CC1.c1ccccc1. The van der Waals surface area contributed by atoms with Gasteiger partial charge in [-0.05, 0) is 45.3 Å². The van der Waals surface area contributed by atoms with Crippen molar-refractivity contribution in [2.75, 3.05) is 19.6 Å². The quantitative estimate of drug-likeness (QED) is 0.815. The number of hydrogen-bond acceptors (Lipinski definition) is 2. The molecule has 0 bridgehead atoms. The van der Waals surface area contributed by atoms with E-state index in [4.69, 9.17) is 0 Å². The van der Waals surface area contributed by atoms with Crippen molar-refractivity contribution in [2.45, 2.75) is 47.0 Å². The Bertz CT molecular complexity index is 289. The van der Waals surface area contributed by atoms with Crippen LogP contribution in [0.15, 0.2) is 36.4 Å². The number of carbonyl (C=O) groups excluding carboxylic acids is 1. The summed E-state index contributed by atoms with van der Waals surface area (Å²) >= 11 is 0. The smallest absolute Gasteiger partial charge is 0.130 e. The molecule has 0 aliphatic carbocycles. The molecule has 0 spiro atoms. The van der Waals surface area contributed by atoms with Gasteiger partial charge in [-0.1, -0.05) is 57.2 Å². The normalized spacial score (nSPS) is 15.4. The Morgan fingerprint density at radius 3 is 1.70 bits per heavy atom. The fourth-order valence-corrected chi connectivity index (χ4v) is 2.30. The van der Waals surface area contributed by atoms with Crippen molar-refractivity contribution in [3.05, 3.63) is 36.4 Å². The summed E-state index contributed by atoms with van der Waals surface area (Å²) in [4.78, 5) is 13.3. The molecule has 0 aromatic heterocycles. The average molecular weight is 277 g/mol. The molecule has 20 heavy (non-hydrogen) atoms. The highest BCUT2D eigenvalue weighted by Crippen LogP contribution is 2.20. The van der Waals surface area contributed by atoms with E-state index < -0.39 is 0 Å². The highest BCUT2D eigenvalue weighted by molar-refractivity contribution is 5.75. The molecule has 0 amide bonds. The van der Waals surface area contributed by atoms with Gasteiger partial charge in [-0.3, -0.25) is 0 Å². The van der Waals surface area contributed by atoms with Gasteiger partial charge in [0.2, 0.25) is 0 Å². The number of rotatable bonds is 3. The zero-order valence-corrected chi connectivity index (χ0v) is 13.6. The monoisotopic (exact) mass is 277 g/mol. The fourth-order valence-electron chi connectivity index (χ4n) is 2.30. The van der Waals surface area contributed by atoms with Gasteiger partial charge in [0, 0.05) is 6.42 Å². The number of likely N-dealkylation sites (tertiary alicyclic amines) is 1. The Balaban J connectivity index is 0.000000377. The summed E-state index contributed by atoms with van der Waals surface area (Å²) in [6.45, 7) is 11.4. The molecule has 2 heteroatoms. The minimum absolute atomic E-state index is 0.352. The summed E-state index contributed by atoms with van der Waals surface area (Å²) in [5.74, 6) is 1.02. The highest BCUT2D eigenvalue weighted by Gasteiger charge is 2.18. The first-order valence-electron chi connectivity index (χ1n) is 7.94. The van der Waals surface area contributed by atoms with Gasteiger partial charge in [-0.25, -0.2) is 0 Å². The van der Waals surface area contributed by atoms with E-state index in [2.05, 4.69) is 11.8 Å². The molecule has 1 aromatic rings. The average Bonchev–Trinajstić information content (AvgIpc) is 2.52. The molecule has 0 N–H and O–H groups in total. The van der Waals surface area contributed by atoms with E-state index in [0.717, 1.165) is 13.0 Å². The number of Topliss-reactive ketones (excluding diaryl/α,β-unsaturated/α-hetero) is 1. The number of ketones is 1. The van der Waals surface area contributed by atoms with E-state index >= 15 is 0 Å². The summed E-state index contributed by atoms with van der Waals surface area (Å²) < 4.78 is 0. The number of benzene rings is 1. The lowest BCUT2D eigenvalue weighted by Crippen LogP contribution is -2.33. The third-order valence-corrected chi connectivity index (χ3v) is 3.40. The van der Waals surface area contributed by atoms with Crippen LogP contribution < -0.4 is 0 Å². The standard InChI is InChI=1S/C10H19NO.C6H6.C2H6/c1-3-11-6-4-10(5-7-11)8-9(2)12;1-2-4-6-5-3-1;1-2/h10H,3-8H2,1-2H3;1-6H;1-2H3. The van der Waals surface area contributed by atoms with Crippen LogP contribution in [-0.4, -0.2) is 30.3 Å². The summed E-state index contributed by atoms with van der Waals surface area (Å²) in [5.41, 5.74) is 0. The minimum atomic E-state index is 0.352. The summed E-state index contributed by atoms with van der Waals surface area (Å²) in [5, 5.41) is 0. The van der Waals surface area contributed by atoms with Crippen LogP contribution in [0, 0.1) is 5.92 Å². The van der Waals surface area contributed by atoms with Gasteiger partial charge in [0.25, 0.3) is 0 Å². The van der Waals surface area contributed by atoms with Gasteiger partial charge in [0.05, 0.1) is 0 Å². The highest BCUT2D eigenvalue weighted by atomic mass is 16.1. The zero-order valence-electron chi connectivity index (χ0n) is 13.6. The molecule has 2 nitrogen and oxygen atoms in total. The van der Waals surface area contributed by atoms with Gasteiger partial charge in [-0.15, -0.1) is 0 Å². The predicted octanol–water partition coefficient (Wildman–Crippen LogP) is 4.41. The molecule has 0 atom stereocenters. The van der Waals surface area contributed by atoms with Crippen LogP contribution >= 0.6 is 0 Å². The van der Waals surface area contributed by atoms with Gasteiger partial charge in [-0.2, -0.15) is 0 Å². The van der Waals surface area contributed by atoms with Gasteiger partial charge in [0.15, 0.2) is 0 Å². The third kappa shape index (κ3) is 9.74. The molecule has 114 valence electrons. The maximum absolute atomic E-state index is 10.8. The van der Waals surface area contributed by atoms with E-state index in [1.165, 1.54) is 25.9 Å². The second-order valence-corrected chi connectivity index (χ2v) is 4.94. The molecule has 1 aromatic carbocycles. The lowest BCUT2D eigenvalue weighted by Gasteiger charge is -2.30. The molecule has 1 heterocycles. The number of nitrogens with zero attached hydrogens (tertiary/aromatic N) is 1. The maximum Gasteiger partial charge on any atom is 0.130 e. The molecule has 1 saturated heterocycles. The van der Waals surface area contributed by atoms with Gasteiger partial charge in [0.1, 0.15) is 5.78 Å². The Morgan fingerprint density at radius 1 is 1.00 bits per heavy atom. The first-order valence-corrected chi connectivity index (χ1v) is 7.94. The molecular formula is C18H31NO. The number of carbonyl (C=O) groups is 1. The molecule has 0 unspecified atom stereocenters. The second-order valence-electron chi connectivity index (χ2n) is 4.94. The van der Waals surface area contributed by atoms with Gasteiger partial charge < -0.3 is 9.69 Å². The lowest BCUT2D eigenvalue weighted by atomic mass is 9.92. The molecule has 1 fully saturated rings. The van der Waals surface area contributed by atoms with Crippen molar-refractivity contribution in [1.82, 2.24) is 4.90 Å². The van der Waals surface area contributed by atoms with E-state index in [1.807, 2.05) is 50.2 Å². The summed E-state index contributed by atoms with van der Waals surface area (Å²) in [7, 11) is 0. The van der Waals surface area contributed by atoms with E-state index in [-0.39, 0.29) is 0 Å². The van der Waals surface area contributed by atoms with Crippen LogP contribution in [0.25, 0.3) is 0 Å². The minimum Gasteiger partial charge on any atom is -0.304 e.